The van der Waals surface area contributed by atoms with Gasteiger partial charge in [-0.2, -0.15) is 0 Å². The molecule has 6 heteroatoms. The van der Waals surface area contributed by atoms with E-state index < -0.39 is 5.82 Å². The Morgan fingerprint density at radius 1 is 1.00 bits per heavy atom. The fourth-order valence-electron chi connectivity index (χ4n) is 3.44. The summed E-state index contributed by atoms with van der Waals surface area (Å²) in [6.45, 7) is 0. The molecule has 4 rings (SSSR count). The fraction of sp³-hybridized carbons (Fsp3) is 0.167. The first-order valence-corrected chi connectivity index (χ1v) is 10.8. The maximum absolute atomic E-state index is 14.3. The molecule has 1 aliphatic heterocycles. The van der Waals surface area contributed by atoms with Gasteiger partial charge in [-0.1, -0.05) is 54.6 Å². The largest absolute Gasteiger partial charge is 0.326 e. The minimum Gasteiger partial charge on any atom is -0.326 e. The average Bonchev–Trinajstić information content (AvgIpc) is 3.15. The van der Waals surface area contributed by atoms with Crippen LogP contribution in [0.5, 0.6) is 0 Å². The number of carbonyl (C=O) groups excluding carboxylic acids is 2. The van der Waals surface area contributed by atoms with Gasteiger partial charge < -0.3 is 5.32 Å². The number of carbonyl (C=O) groups is 2. The highest BCUT2D eigenvalue weighted by molar-refractivity contribution is 8.00. The van der Waals surface area contributed by atoms with E-state index in [0.717, 1.165) is 11.1 Å². The van der Waals surface area contributed by atoms with Gasteiger partial charge in [0.05, 0.1) is 11.4 Å². The SMILES string of the molecule is O=C(CCc1ccccc1)Nc1ccc([C@@H]2SCC(=O)N2c2ccccc2F)cc1. The molecule has 4 nitrogen and oxygen atoms in total. The summed E-state index contributed by atoms with van der Waals surface area (Å²) in [5.41, 5.74) is 3.00. The van der Waals surface area contributed by atoms with Crippen LogP contribution >= 0.6 is 11.8 Å². The number of thioether (sulfide) groups is 1. The van der Waals surface area contributed by atoms with Gasteiger partial charge in [-0.25, -0.2) is 4.39 Å². The van der Waals surface area contributed by atoms with Crippen LogP contribution in [0.15, 0.2) is 78.9 Å². The second-order valence-electron chi connectivity index (χ2n) is 7.03. The van der Waals surface area contributed by atoms with Crippen molar-refractivity contribution in [3.05, 3.63) is 95.8 Å². The number of nitrogens with zero attached hydrogens (tertiary/aromatic N) is 1. The number of anilines is 2. The van der Waals surface area contributed by atoms with Crippen molar-refractivity contribution in [2.45, 2.75) is 18.2 Å². The van der Waals surface area contributed by atoms with Crippen LogP contribution < -0.4 is 10.2 Å². The lowest BCUT2D eigenvalue weighted by Gasteiger charge is -2.24. The third-order valence-electron chi connectivity index (χ3n) is 4.94. The van der Waals surface area contributed by atoms with E-state index >= 15 is 0 Å². The molecule has 0 bridgehead atoms. The number of nitrogens with one attached hydrogen (secondary N) is 1. The third kappa shape index (κ3) is 4.54. The Kier molecular flexibility index (Phi) is 6.14. The summed E-state index contributed by atoms with van der Waals surface area (Å²) in [4.78, 5) is 26.1. The molecule has 0 unspecified atom stereocenters. The molecular formula is C24H21FN2O2S. The van der Waals surface area contributed by atoms with Gasteiger partial charge in [-0.15, -0.1) is 11.8 Å². The second-order valence-corrected chi connectivity index (χ2v) is 8.10. The molecule has 1 fully saturated rings. The van der Waals surface area contributed by atoms with Gasteiger partial charge in [0.15, 0.2) is 0 Å². The quantitative estimate of drug-likeness (QED) is 0.598. The van der Waals surface area contributed by atoms with Crippen LogP contribution in [0.4, 0.5) is 15.8 Å². The smallest absolute Gasteiger partial charge is 0.238 e. The van der Waals surface area contributed by atoms with E-state index in [9.17, 15) is 14.0 Å². The minimum atomic E-state index is -0.416. The van der Waals surface area contributed by atoms with Crippen LogP contribution in [0.2, 0.25) is 0 Å². The van der Waals surface area contributed by atoms with E-state index in [-0.39, 0.29) is 22.9 Å². The molecule has 1 aliphatic rings. The molecule has 3 aromatic rings. The van der Waals surface area contributed by atoms with Crippen molar-refractivity contribution in [2.24, 2.45) is 0 Å². The van der Waals surface area contributed by atoms with Gasteiger partial charge in [0.25, 0.3) is 0 Å². The number of amides is 2. The molecule has 1 saturated heterocycles. The van der Waals surface area contributed by atoms with Crippen molar-refractivity contribution in [2.75, 3.05) is 16.0 Å². The van der Waals surface area contributed by atoms with Crippen molar-refractivity contribution >= 4 is 35.0 Å². The lowest BCUT2D eigenvalue weighted by molar-refractivity contribution is -0.116. The normalized spacial score (nSPS) is 16.0. The molecule has 0 radical (unpaired) electrons. The Morgan fingerprint density at radius 3 is 2.43 bits per heavy atom. The summed E-state index contributed by atoms with van der Waals surface area (Å²) < 4.78 is 14.3. The molecule has 2 amide bonds. The summed E-state index contributed by atoms with van der Waals surface area (Å²) in [5.74, 6) is -0.282. The van der Waals surface area contributed by atoms with Crippen LogP contribution in [0.1, 0.15) is 22.9 Å². The monoisotopic (exact) mass is 420 g/mol. The first-order valence-electron chi connectivity index (χ1n) is 9.74. The molecule has 30 heavy (non-hydrogen) atoms. The van der Waals surface area contributed by atoms with Crippen LogP contribution in [0.25, 0.3) is 0 Å². The van der Waals surface area contributed by atoms with Crippen molar-refractivity contribution < 1.29 is 14.0 Å². The highest BCUT2D eigenvalue weighted by Gasteiger charge is 2.35. The molecule has 1 heterocycles. The zero-order valence-electron chi connectivity index (χ0n) is 16.3. The maximum Gasteiger partial charge on any atom is 0.238 e. The van der Waals surface area contributed by atoms with E-state index in [2.05, 4.69) is 5.32 Å². The zero-order valence-corrected chi connectivity index (χ0v) is 17.1. The Labute approximate surface area is 179 Å². The minimum absolute atomic E-state index is 0.0509. The van der Waals surface area contributed by atoms with Gasteiger partial charge in [-0.3, -0.25) is 14.5 Å². The van der Waals surface area contributed by atoms with Gasteiger partial charge in [0.1, 0.15) is 11.2 Å². The molecule has 1 N–H and O–H groups in total. The average molecular weight is 421 g/mol. The molecule has 0 saturated carbocycles. The Hall–Kier alpha value is -3.12. The van der Waals surface area contributed by atoms with E-state index in [1.807, 2.05) is 54.6 Å². The predicted octanol–water partition coefficient (Wildman–Crippen LogP) is 5.18. The van der Waals surface area contributed by atoms with Crippen LogP contribution in [-0.4, -0.2) is 17.6 Å². The van der Waals surface area contributed by atoms with Crippen LogP contribution in [0.3, 0.4) is 0 Å². The third-order valence-corrected chi connectivity index (χ3v) is 6.16. The Balaban J connectivity index is 1.42. The van der Waals surface area contributed by atoms with Crippen LogP contribution in [0, 0.1) is 5.82 Å². The highest BCUT2D eigenvalue weighted by Crippen LogP contribution is 2.42. The van der Waals surface area contributed by atoms with Crippen molar-refractivity contribution in [1.29, 1.82) is 0 Å². The molecule has 0 aromatic heterocycles. The van der Waals surface area contributed by atoms with Crippen LogP contribution in [-0.2, 0) is 16.0 Å². The molecule has 1 atom stereocenters. The number of rotatable bonds is 6. The number of hydrogen-bond donors (Lipinski definition) is 1. The number of aryl methyl sites for hydroxylation is 1. The van der Waals surface area contributed by atoms with Gasteiger partial charge in [-0.05, 0) is 41.8 Å². The maximum atomic E-state index is 14.3. The fourth-order valence-corrected chi connectivity index (χ4v) is 4.60. The topological polar surface area (TPSA) is 49.4 Å². The summed E-state index contributed by atoms with van der Waals surface area (Å²) in [5, 5.41) is 2.61. The van der Waals surface area contributed by atoms with Crippen molar-refractivity contribution in [3.8, 4) is 0 Å². The van der Waals surface area contributed by atoms with E-state index in [0.29, 0.717) is 24.3 Å². The summed E-state index contributed by atoms with van der Waals surface area (Å²) >= 11 is 1.46. The lowest BCUT2D eigenvalue weighted by Crippen LogP contribution is -2.28. The van der Waals surface area contributed by atoms with Gasteiger partial charge >= 0.3 is 0 Å². The van der Waals surface area contributed by atoms with Gasteiger partial charge in [0, 0.05) is 12.1 Å². The molecule has 0 spiro atoms. The molecule has 0 aliphatic carbocycles. The van der Waals surface area contributed by atoms with E-state index in [1.54, 1.807) is 18.2 Å². The van der Waals surface area contributed by atoms with Crippen molar-refractivity contribution in [3.63, 3.8) is 0 Å². The number of benzene rings is 3. The Bertz CT molecular complexity index is 1040. The molecule has 152 valence electrons. The van der Waals surface area contributed by atoms with E-state index in [4.69, 9.17) is 0 Å². The lowest BCUT2D eigenvalue weighted by atomic mass is 10.1. The standard InChI is InChI=1S/C24H21FN2O2S/c25-20-8-4-5-9-21(20)27-23(29)16-30-24(27)18-11-13-19(14-12-18)26-22(28)15-10-17-6-2-1-3-7-17/h1-9,11-14,24H,10,15-16H2,(H,26,28)/t24-/m0/s1. The first-order chi connectivity index (χ1) is 14.6. The number of para-hydroxylation sites is 1. The Morgan fingerprint density at radius 2 is 1.70 bits per heavy atom. The first kappa shape index (κ1) is 20.2. The van der Waals surface area contributed by atoms with Crippen molar-refractivity contribution in [1.82, 2.24) is 0 Å². The zero-order chi connectivity index (χ0) is 20.9. The number of halogens is 1. The molecular weight excluding hydrogens is 399 g/mol. The summed E-state index contributed by atoms with van der Waals surface area (Å²) in [7, 11) is 0. The molecule has 3 aromatic carbocycles. The second kappa shape index (κ2) is 9.13. The van der Waals surface area contributed by atoms with E-state index in [1.165, 1.54) is 22.7 Å². The predicted molar refractivity (Wildman–Crippen MR) is 119 cm³/mol. The summed E-state index contributed by atoms with van der Waals surface area (Å²) in [6.07, 6.45) is 1.09. The summed E-state index contributed by atoms with van der Waals surface area (Å²) in [6, 6.07) is 23.6. The highest BCUT2D eigenvalue weighted by atomic mass is 32.2. The number of hydrogen-bond acceptors (Lipinski definition) is 3. The van der Waals surface area contributed by atoms with Gasteiger partial charge in [0.2, 0.25) is 11.8 Å².